The van der Waals surface area contributed by atoms with Crippen LogP contribution in [0.2, 0.25) is 5.02 Å². The van der Waals surface area contributed by atoms with Gasteiger partial charge in [-0.25, -0.2) is 0 Å². The van der Waals surface area contributed by atoms with E-state index in [1.165, 1.54) is 4.90 Å². The molecule has 0 heterocycles. The van der Waals surface area contributed by atoms with E-state index in [1.807, 2.05) is 42.5 Å². The van der Waals surface area contributed by atoms with Crippen molar-refractivity contribution in [3.8, 4) is 5.75 Å². The number of carbonyl (C=O) groups excluding carboxylic acids is 2. The number of rotatable bonds is 10. The fourth-order valence-corrected chi connectivity index (χ4v) is 3.24. The predicted octanol–water partition coefficient (Wildman–Crippen LogP) is 4.66. The first-order chi connectivity index (χ1) is 13.9. The van der Waals surface area contributed by atoms with Crippen molar-refractivity contribution in [1.29, 1.82) is 0 Å². The lowest BCUT2D eigenvalue weighted by Gasteiger charge is -2.29. The minimum Gasteiger partial charge on any atom is -0.484 e. The number of carbonyl (C=O) groups is 2. The quantitative estimate of drug-likeness (QED) is 0.361. The highest BCUT2D eigenvalue weighted by Crippen LogP contribution is 2.19. The zero-order valence-electron chi connectivity index (χ0n) is 16.7. The molecule has 29 heavy (non-hydrogen) atoms. The molecule has 2 aromatic rings. The monoisotopic (exact) mass is 528 g/mol. The van der Waals surface area contributed by atoms with E-state index < -0.39 is 6.04 Å². The Balaban J connectivity index is 2.11. The molecular formula is C22H26ClIN2O3. The number of halogens is 2. The molecule has 2 amide bonds. The van der Waals surface area contributed by atoms with Crippen molar-refractivity contribution < 1.29 is 14.3 Å². The fourth-order valence-electron chi connectivity index (χ4n) is 2.69. The molecule has 0 aliphatic heterocycles. The van der Waals surface area contributed by atoms with Gasteiger partial charge in [0.05, 0.1) is 0 Å². The SMILES string of the molecule is CCCCNC(=O)[C@H](C)N(Cc1ccccc1Cl)C(=O)COc1ccc(I)cc1. The standard InChI is InChI=1S/C22H26ClIN2O3/c1-3-4-13-25-22(28)16(2)26(14-17-7-5-6-8-20(17)23)21(27)15-29-19-11-9-18(24)10-12-19/h5-12,16H,3-4,13-15H2,1-2H3,(H,25,28)/t16-/m0/s1. The van der Waals surface area contributed by atoms with Crippen molar-refractivity contribution >= 4 is 46.0 Å². The summed E-state index contributed by atoms with van der Waals surface area (Å²) in [4.78, 5) is 27.0. The molecule has 0 aromatic heterocycles. The minimum absolute atomic E-state index is 0.155. The van der Waals surface area contributed by atoms with Gasteiger partial charge < -0.3 is 15.0 Å². The van der Waals surface area contributed by atoms with Gasteiger partial charge in [0.1, 0.15) is 11.8 Å². The number of benzene rings is 2. The van der Waals surface area contributed by atoms with Gasteiger partial charge in [0.25, 0.3) is 5.91 Å². The molecule has 0 aliphatic carbocycles. The molecule has 0 spiro atoms. The molecule has 0 saturated heterocycles. The van der Waals surface area contributed by atoms with Gasteiger partial charge in [0.2, 0.25) is 5.91 Å². The molecule has 5 nitrogen and oxygen atoms in total. The summed E-state index contributed by atoms with van der Waals surface area (Å²) in [6, 6.07) is 14.1. The van der Waals surface area contributed by atoms with Gasteiger partial charge in [-0.3, -0.25) is 9.59 Å². The van der Waals surface area contributed by atoms with Gasteiger partial charge in [-0.05, 0) is 71.8 Å². The Morgan fingerprint density at radius 3 is 2.52 bits per heavy atom. The third-order valence-corrected chi connectivity index (χ3v) is 5.56. The van der Waals surface area contributed by atoms with E-state index in [2.05, 4.69) is 34.8 Å². The number of nitrogens with one attached hydrogen (secondary N) is 1. The van der Waals surface area contributed by atoms with Crippen LogP contribution in [-0.4, -0.2) is 35.9 Å². The molecule has 2 aromatic carbocycles. The Bertz CT molecular complexity index is 814. The first-order valence-electron chi connectivity index (χ1n) is 9.61. The number of nitrogens with zero attached hydrogens (tertiary/aromatic N) is 1. The van der Waals surface area contributed by atoms with Crippen LogP contribution in [0.1, 0.15) is 32.3 Å². The van der Waals surface area contributed by atoms with Crippen LogP contribution >= 0.6 is 34.2 Å². The normalized spacial score (nSPS) is 11.6. The summed E-state index contributed by atoms with van der Waals surface area (Å²) in [5.41, 5.74) is 0.782. The Morgan fingerprint density at radius 2 is 1.86 bits per heavy atom. The van der Waals surface area contributed by atoms with Crippen LogP contribution in [0.15, 0.2) is 48.5 Å². The predicted molar refractivity (Wildman–Crippen MR) is 124 cm³/mol. The van der Waals surface area contributed by atoms with E-state index in [0.29, 0.717) is 17.3 Å². The first-order valence-corrected chi connectivity index (χ1v) is 11.1. The maximum atomic E-state index is 13.0. The molecule has 2 rings (SSSR count). The van der Waals surface area contributed by atoms with Gasteiger partial charge in [-0.1, -0.05) is 43.1 Å². The zero-order valence-corrected chi connectivity index (χ0v) is 19.6. The van der Waals surface area contributed by atoms with Crippen LogP contribution in [0.25, 0.3) is 0 Å². The third-order valence-electron chi connectivity index (χ3n) is 4.47. The molecule has 0 unspecified atom stereocenters. The van der Waals surface area contributed by atoms with Crippen molar-refractivity contribution in [3.05, 3.63) is 62.7 Å². The summed E-state index contributed by atoms with van der Waals surface area (Å²) >= 11 is 8.48. The zero-order chi connectivity index (χ0) is 21.2. The van der Waals surface area contributed by atoms with E-state index in [-0.39, 0.29) is 25.0 Å². The van der Waals surface area contributed by atoms with Gasteiger partial charge in [0, 0.05) is 21.7 Å². The smallest absolute Gasteiger partial charge is 0.261 e. The van der Waals surface area contributed by atoms with Gasteiger partial charge >= 0.3 is 0 Å². The summed E-state index contributed by atoms with van der Waals surface area (Å²) in [6.45, 7) is 4.45. The second-order valence-corrected chi connectivity index (χ2v) is 8.33. The van der Waals surface area contributed by atoms with Gasteiger partial charge in [-0.15, -0.1) is 0 Å². The highest BCUT2D eigenvalue weighted by Gasteiger charge is 2.26. The summed E-state index contributed by atoms with van der Waals surface area (Å²) in [6.07, 6.45) is 1.88. The molecule has 0 radical (unpaired) electrons. The van der Waals surface area contributed by atoms with Crippen molar-refractivity contribution in [1.82, 2.24) is 10.2 Å². The highest BCUT2D eigenvalue weighted by molar-refractivity contribution is 14.1. The summed E-state index contributed by atoms with van der Waals surface area (Å²) in [5.74, 6) is 0.145. The minimum atomic E-state index is -0.643. The fraction of sp³-hybridized carbons (Fsp3) is 0.364. The third kappa shape index (κ3) is 7.51. The number of hydrogen-bond acceptors (Lipinski definition) is 3. The average Bonchev–Trinajstić information content (AvgIpc) is 2.72. The molecule has 0 bridgehead atoms. The summed E-state index contributed by atoms with van der Waals surface area (Å²) < 4.78 is 6.72. The Hall–Kier alpha value is -1.80. The second-order valence-electron chi connectivity index (χ2n) is 6.68. The van der Waals surface area contributed by atoms with Crippen LogP contribution in [0.5, 0.6) is 5.75 Å². The largest absolute Gasteiger partial charge is 0.484 e. The van der Waals surface area contributed by atoms with Crippen LogP contribution < -0.4 is 10.1 Å². The summed E-state index contributed by atoms with van der Waals surface area (Å²) in [7, 11) is 0. The van der Waals surface area contributed by atoms with Crippen molar-refractivity contribution in [2.24, 2.45) is 0 Å². The second kappa shape index (κ2) is 12.0. The van der Waals surface area contributed by atoms with Gasteiger partial charge in [0.15, 0.2) is 6.61 Å². The van der Waals surface area contributed by atoms with E-state index >= 15 is 0 Å². The molecule has 156 valence electrons. The van der Waals surface area contributed by atoms with Crippen LogP contribution in [0, 0.1) is 3.57 Å². The van der Waals surface area contributed by atoms with Gasteiger partial charge in [-0.2, -0.15) is 0 Å². The van der Waals surface area contributed by atoms with E-state index in [0.717, 1.165) is 22.0 Å². The van der Waals surface area contributed by atoms with E-state index in [4.69, 9.17) is 16.3 Å². The first kappa shape index (κ1) is 23.5. The maximum absolute atomic E-state index is 13.0. The van der Waals surface area contributed by atoms with Crippen molar-refractivity contribution in [2.75, 3.05) is 13.2 Å². The lowest BCUT2D eigenvalue weighted by atomic mass is 10.1. The number of ether oxygens (including phenoxy) is 1. The number of hydrogen-bond donors (Lipinski definition) is 1. The van der Waals surface area contributed by atoms with Crippen molar-refractivity contribution in [3.63, 3.8) is 0 Å². The van der Waals surface area contributed by atoms with E-state index in [9.17, 15) is 9.59 Å². The summed E-state index contributed by atoms with van der Waals surface area (Å²) in [5, 5.41) is 3.45. The molecular weight excluding hydrogens is 503 g/mol. The van der Waals surface area contributed by atoms with Crippen LogP contribution in [-0.2, 0) is 16.1 Å². The Labute approximate surface area is 190 Å². The number of unbranched alkanes of at least 4 members (excludes halogenated alkanes) is 1. The van der Waals surface area contributed by atoms with Crippen LogP contribution in [0.3, 0.4) is 0 Å². The maximum Gasteiger partial charge on any atom is 0.261 e. The highest BCUT2D eigenvalue weighted by atomic mass is 127. The average molecular weight is 529 g/mol. The Kier molecular flexibility index (Phi) is 9.73. The topological polar surface area (TPSA) is 58.6 Å². The molecule has 1 atom stereocenters. The lowest BCUT2D eigenvalue weighted by molar-refractivity contribution is -0.142. The molecule has 7 heteroatoms. The lowest BCUT2D eigenvalue weighted by Crippen LogP contribution is -2.49. The number of amides is 2. The Morgan fingerprint density at radius 1 is 1.17 bits per heavy atom. The van der Waals surface area contributed by atoms with Crippen molar-refractivity contribution in [2.45, 2.75) is 39.3 Å². The van der Waals surface area contributed by atoms with E-state index in [1.54, 1.807) is 13.0 Å². The molecule has 1 N–H and O–H groups in total. The molecule has 0 aliphatic rings. The molecule has 0 fully saturated rings. The molecule has 0 saturated carbocycles. The van der Waals surface area contributed by atoms with Crippen LogP contribution in [0.4, 0.5) is 0 Å².